The Morgan fingerprint density at radius 3 is 1.45 bits per heavy atom. The molecule has 0 aliphatic rings. The first-order valence-electron chi connectivity index (χ1n) is 8.99. The van der Waals surface area contributed by atoms with Gasteiger partial charge in [0.25, 0.3) is 0 Å². The number of aromatic nitrogens is 2. The van der Waals surface area contributed by atoms with Crippen LogP contribution in [-0.4, -0.2) is 54.9 Å². The maximum absolute atomic E-state index is 12.3. The lowest BCUT2D eigenvalue weighted by molar-refractivity contribution is -0.132. The van der Waals surface area contributed by atoms with Crippen molar-refractivity contribution in [3.8, 4) is 0 Å². The summed E-state index contributed by atoms with van der Waals surface area (Å²) in [5, 5.41) is 3.03. The maximum atomic E-state index is 12.3. The maximum Gasteiger partial charge on any atom is 0.248 e. The van der Waals surface area contributed by atoms with Gasteiger partial charge in [-0.3, -0.25) is 40.4 Å². The minimum Gasteiger partial charge on any atom is -0.274 e. The van der Waals surface area contributed by atoms with Gasteiger partial charge < -0.3 is 0 Å². The lowest BCUT2D eigenvalue weighted by Crippen LogP contribution is -2.49. The molecule has 152 valence electrons. The SMILES string of the molecule is CCN(NC(=O)CC(=O)NN(CC)C(=S)c1ccncc1)C(=S)c1ccncc1. The lowest BCUT2D eigenvalue weighted by Gasteiger charge is -2.26. The summed E-state index contributed by atoms with van der Waals surface area (Å²) in [7, 11) is 0. The molecule has 2 N–H and O–H groups in total. The van der Waals surface area contributed by atoms with Gasteiger partial charge in [-0.05, 0) is 38.1 Å². The van der Waals surface area contributed by atoms with E-state index in [4.69, 9.17) is 24.4 Å². The molecule has 0 aliphatic heterocycles. The van der Waals surface area contributed by atoms with Gasteiger partial charge in [0.05, 0.1) is 0 Å². The van der Waals surface area contributed by atoms with E-state index >= 15 is 0 Å². The highest BCUT2D eigenvalue weighted by molar-refractivity contribution is 7.80. The second kappa shape index (κ2) is 11.1. The van der Waals surface area contributed by atoms with Crippen LogP contribution in [0, 0.1) is 0 Å². The Labute approximate surface area is 180 Å². The molecule has 0 saturated carbocycles. The number of rotatable bonds is 6. The molecule has 29 heavy (non-hydrogen) atoms. The Balaban J connectivity index is 1.92. The molecule has 0 unspecified atom stereocenters. The van der Waals surface area contributed by atoms with Crippen LogP contribution in [0.25, 0.3) is 0 Å². The van der Waals surface area contributed by atoms with Crippen LogP contribution >= 0.6 is 24.4 Å². The van der Waals surface area contributed by atoms with Gasteiger partial charge in [-0.1, -0.05) is 24.4 Å². The quantitative estimate of drug-likeness (QED) is 0.406. The number of hydrogen-bond donors (Lipinski definition) is 2. The molecule has 2 heterocycles. The lowest BCUT2D eigenvalue weighted by atomic mass is 10.2. The zero-order valence-corrected chi connectivity index (χ0v) is 17.8. The Bertz CT molecular complexity index is 792. The van der Waals surface area contributed by atoms with E-state index in [9.17, 15) is 9.59 Å². The largest absolute Gasteiger partial charge is 0.274 e. The Morgan fingerprint density at radius 1 is 0.793 bits per heavy atom. The van der Waals surface area contributed by atoms with Crippen LogP contribution in [0.5, 0.6) is 0 Å². The summed E-state index contributed by atoms with van der Waals surface area (Å²) in [6.45, 7) is 4.59. The highest BCUT2D eigenvalue weighted by Crippen LogP contribution is 2.05. The van der Waals surface area contributed by atoms with Crippen LogP contribution in [0.15, 0.2) is 49.1 Å². The first kappa shape index (κ1) is 22.3. The summed E-state index contributed by atoms with van der Waals surface area (Å²) in [6.07, 6.45) is 6.11. The molecule has 0 atom stereocenters. The van der Waals surface area contributed by atoms with Gasteiger partial charge in [0.15, 0.2) is 0 Å². The van der Waals surface area contributed by atoms with Crippen LogP contribution in [0.4, 0.5) is 0 Å². The topological polar surface area (TPSA) is 90.5 Å². The van der Waals surface area contributed by atoms with Crippen LogP contribution in [0.3, 0.4) is 0 Å². The third-order valence-corrected chi connectivity index (χ3v) is 4.73. The van der Waals surface area contributed by atoms with Crippen molar-refractivity contribution in [2.45, 2.75) is 20.3 Å². The van der Waals surface area contributed by atoms with Crippen molar-refractivity contribution in [1.82, 2.24) is 30.8 Å². The van der Waals surface area contributed by atoms with E-state index in [2.05, 4.69) is 20.8 Å². The number of nitrogens with zero attached hydrogens (tertiary/aromatic N) is 4. The third kappa shape index (κ3) is 6.54. The van der Waals surface area contributed by atoms with E-state index in [1.165, 1.54) is 10.0 Å². The normalized spacial score (nSPS) is 10.0. The monoisotopic (exact) mass is 430 g/mol. The number of nitrogens with one attached hydrogen (secondary N) is 2. The fourth-order valence-corrected chi connectivity index (χ4v) is 3.00. The highest BCUT2D eigenvalue weighted by Gasteiger charge is 2.18. The summed E-state index contributed by atoms with van der Waals surface area (Å²) < 4.78 is 0. The standard InChI is InChI=1S/C19H22N6O2S2/c1-3-24(18(28)14-5-9-20-10-6-14)22-16(26)13-17(27)23-25(4-2)19(29)15-7-11-21-12-8-15/h5-12H,3-4,13H2,1-2H3,(H,22,26)(H,23,27). The zero-order chi connectivity index (χ0) is 21.2. The molecule has 0 bridgehead atoms. The molecular weight excluding hydrogens is 408 g/mol. The Kier molecular flexibility index (Phi) is 8.56. The molecular formula is C19H22N6O2S2. The number of carbonyl (C=O) groups excluding carboxylic acids is 2. The van der Waals surface area contributed by atoms with Crippen molar-refractivity contribution in [3.05, 3.63) is 60.2 Å². The third-order valence-electron chi connectivity index (χ3n) is 3.82. The highest BCUT2D eigenvalue weighted by atomic mass is 32.1. The number of pyridine rings is 2. The van der Waals surface area contributed by atoms with E-state index in [-0.39, 0.29) is 6.42 Å². The summed E-state index contributed by atoms with van der Waals surface area (Å²) in [5.74, 6) is -0.960. The van der Waals surface area contributed by atoms with Crippen LogP contribution in [-0.2, 0) is 9.59 Å². The average molecular weight is 431 g/mol. The fraction of sp³-hybridized carbons (Fsp3) is 0.263. The van der Waals surface area contributed by atoms with Crippen LogP contribution in [0.1, 0.15) is 31.4 Å². The molecule has 2 aromatic heterocycles. The van der Waals surface area contributed by atoms with Crippen LogP contribution < -0.4 is 10.9 Å². The first-order chi connectivity index (χ1) is 14.0. The van der Waals surface area contributed by atoms with Gasteiger partial charge in [-0.2, -0.15) is 0 Å². The van der Waals surface area contributed by atoms with Gasteiger partial charge in [-0.25, -0.2) is 0 Å². The molecule has 8 nitrogen and oxygen atoms in total. The van der Waals surface area contributed by atoms with Gasteiger partial charge in [0.1, 0.15) is 16.4 Å². The Morgan fingerprint density at radius 2 is 1.14 bits per heavy atom. The number of carbonyl (C=O) groups is 2. The second-order valence-electron chi connectivity index (χ2n) is 5.82. The van der Waals surface area contributed by atoms with E-state index < -0.39 is 11.8 Å². The van der Waals surface area contributed by atoms with Gasteiger partial charge >= 0.3 is 0 Å². The molecule has 0 aliphatic carbocycles. The molecule has 0 spiro atoms. The Hall–Kier alpha value is -2.98. The minimum absolute atomic E-state index is 0.370. The summed E-state index contributed by atoms with van der Waals surface area (Å²) in [6, 6.07) is 7.01. The van der Waals surface area contributed by atoms with Crippen molar-refractivity contribution >= 4 is 46.2 Å². The van der Waals surface area contributed by atoms with E-state index in [1.807, 2.05) is 13.8 Å². The van der Waals surface area contributed by atoms with Crippen molar-refractivity contribution in [3.63, 3.8) is 0 Å². The summed E-state index contributed by atoms with van der Waals surface area (Å²) in [4.78, 5) is 33.4. The number of hydrazine groups is 2. The number of amides is 2. The number of thiocarbonyl (C=S) groups is 2. The summed E-state index contributed by atoms with van der Waals surface area (Å²) >= 11 is 10.8. The molecule has 0 saturated heterocycles. The fourth-order valence-electron chi connectivity index (χ4n) is 2.37. The van der Waals surface area contributed by atoms with Crippen molar-refractivity contribution < 1.29 is 9.59 Å². The molecule has 0 aromatic carbocycles. The predicted octanol–water partition coefficient (Wildman–Crippen LogP) is 1.62. The zero-order valence-electron chi connectivity index (χ0n) is 16.2. The van der Waals surface area contributed by atoms with Crippen molar-refractivity contribution in [1.29, 1.82) is 0 Å². The molecule has 2 aromatic rings. The minimum atomic E-state index is -0.480. The van der Waals surface area contributed by atoms with Crippen molar-refractivity contribution in [2.75, 3.05) is 13.1 Å². The molecule has 0 fully saturated rings. The van der Waals surface area contributed by atoms with Gasteiger partial charge in [-0.15, -0.1) is 0 Å². The van der Waals surface area contributed by atoms with E-state index in [0.29, 0.717) is 23.1 Å². The van der Waals surface area contributed by atoms with Gasteiger partial charge in [0.2, 0.25) is 11.8 Å². The average Bonchev–Trinajstić information content (AvgIpc) is 2.76. The number of hydrogen-bond acceptors (Lipinski definition) is 6. The molecule has 0 radical (unpaired) electrons. The molecule has 2 rings (SSSR count). The molecule has 2 amide bonds. The van der Waals surface area contributed by atoms with Crippen LogP contribution in [0.2, 0.25) is 0 Å². The van der Waals surface area contributed by atoms with E-state index in [0.717, 1.165) is 11.1 Å². The second-order valence-corrected chi connectivity index (χ2v) is 6.59. The molecule has 10 heteroatoms. The van der Waals surface area contributed by atoms with E-state index in [1.54, 1.807) is 49.1 Å². The van der Waals surface area contributed by atoms with Gasteiger partial charge in [0, 0.05) is 49.0 Å². The predicted molar refractivity (Wildman–Crippen MR) is 118 cm³/mol. The van der Waals surface area contributed by atoms with Crippen molar-refractivity contribution in [2.24, 2.45) is 0 Å². The first-order valence-corrected chi connectivity index (χ1v) is 9.80. The summed E-state index contributed by atoms with van der Waals surface area (Å²) in [5.41, 5.74) is 6.82. The smallest absolute Gasteiger partial charge is 0.248 e.